The average Bonchev–Trinajstić information content (AvgIpc) is 2.82. The summed E-state index contributed by atoms with van der Waals surface area (Å²) in [4.78, 5) is 37.3. The van der Waals surface area contributed by atoms with E-state index >= 15 is 0 Å². The van der Waals surface area contributed by atoms with Gasteiger partial charge in [-0.2, -0.15) is 4.98 Å². The number of pyridine rings is 1. The lowest BCUT2D eigenvalue weighted by Gasteiger charge is -2.17. The minimum atomic E-state index is -0.612. The quantitative estimate of drug-likeness (QED) is 0.505. The molecule has 3 aromatic rings. The number of carbonyl (C=O) groups is 2. The summed E-state index contributed by atoms with van der Waals surface area (Å²) in [6.45, 7) is 8.25. The summed E-state index contributed by atoms with van der Waals surface area (Å²) in [5.74, 6) is 5.63. The highest BCUT2D eigenvalue weighted by molar-refractivity contribution is 5.77. The number of fused-ring (bicyclic) bond motifs is 1. The second-order valence-corrected chi connectivity index (χ2v) is 6.61. The molecule has 0 spiro atoms. The third kappa shape index (κ3) is 6.59. The van der Waals surface area contributed by atoms with E-state index in [9.17, 15) is 9.18 Å². The van der Waals surface area contributed by atoms with Gasteiger partial charge < -0.3 is 25.5 Å². The zero-order valence-corrected chi connectivity index (χ0v) is 18.2. The van der Waals surface area contributed by atoms with Crippen LogP contribution in [0.25, 0.3) is 11.0 Å². The van der Waals surface area contributed by atoms with Crippen molar-refractivity contribution < 1.29 is 18.7 Å². The van der Waals surface area contributed by atoms with Crippen molar-refractivity contribution >= 4 is 30.6 Å². The molecule has 0 aliphatic heterocycles. The number of hydrogen-bond donors (Lipinski definition) is 2. The number of anilines is 1. The van der Waals surface area contributed by atoms with Crippen LogP contribution < -0.4 is 21.5 Å². The molecule has 3 rings (SSSR count). The molecule has 0 aliphatic carbocycles. The van der Waals surface area contributed by atoms with E-state index in [0.717, 1.165) is 30.4 Å². The Hall–Kier alpha value is -3.82. The Kier molecular flexibility index (Phi) is 11.0. The van der Waals surface area contributed by atoms with Gasteiger partial charge in [-0.3, -0.25) is 4.79 Å². The van der Waals surface area contributed by atoms with Gasteiger partial charge in [0, 0.05) is 17.6 Å². The van der Waals surface area contributed by atoms with E-state index in [1.807, 2.05) is 13.6 Å². The van der Waals surface area contributed by atoms with Gasteiger partial charge in [-0.15, -0.1) is 0 Å². The molecule has 10 heteroatoms. The van der Waals surface area contributed by atoms with Gasteiger partial charge in [-0.05, 0) is 31.0 Å². The number of nitrogen functional groups attached to an aromatic ring is 1. The lowest BCUT2D eigenvalue weighted by Crippen LogP contribution is -2.29. The Balaban J connectivity index is 0.00000121. The van der Waals surface area contributed by atoms with E-state index in [2.05, 4.69) is 29.1 Å². The second-order valence-electron chi connectivity index (χ2n) is 6.61. The number of carbonyl (C=O) groups excluding carboxylic acids is 2. The molecule has 0 atom stereocenters. The van der Waals surface area contributed by atoms with Crippen LogP contribution in [0.1, 0.15) is 39.5 Å². The number of benzene rings is 1. The van der Waals surface area contributed by atoms with Crippen molar-refractivity contribution in [2.75, 3.05) is 11.2 Å². The van der Waals surface area contributed by atoms with Crippen molar-refractivity contribution in [3.05, 3.63) is 52.7 Å². The Labute approximate surface area is 185 Å². The Bertz CT molecular complexity index is 1050. The molecular formula is C22H28FN5O4. The summed E-state index contributed by atoms with van der Waals surface area (Å²) in [5.41, 5.74) is -0.339. The predicted octanol–water partition coefficient (Wildman–Crippen LogP) is 3.45. The first-order valence-corrected chi connectivity index (χ1v) is 9.98. The van der Waals surface area contributed by atoms with Crippen molar-refractivity contribution in [3.8, 4) is 11.5 Å². The van der Waals surface area contributed by atoms with Crippen LogP contribution in [-0.4, -0.2) is 34.3 Å². The Morgan fingerprint density at radius 3 is 2.34 bits per heavy atom. The zero-order valence-electron chi connectivity index (χ0n) is 18.2. The fourth-order valence-electron chi connectivity index (χ4n) is 3.05. The van der Waals surface area contributed by atoms with Crippen LogP contribution in [0, 0.1) is 5.82 Å². The monoisotopic (exact) mass is 445 g/mol. The van der Waals surface area contributed by atoms with Crippen molar-refractivity contribution in [2.24, 2.45) is 0 Å². The molecule has 0 radical (unpaired) electrons. The van der Waals surface area contributed by atoms with Gasteiger partial charge in [-0.25, -0.2) is 14.1 Å². The van der Waals surface area contributed by atoms with E-state index in [1.54, 1.807) is 12.3 Å². The molecule has 0 bridgehead atoms. The van der Waals surface area contributed by atoms with E-state index in [-0.39, 0.29) is 23.2 Å². The topological polar surface area (TPSA) is 129 Å². The number of nitrogens with zero attached hydrogens (tertiary/aromatic N) is 3. The highest BCUT2D eigenvalue weighted by atomic mass is 19.1. The molecule has 0 unspecified atom stereocenters. The molecule has 32 heavy (non-hydrogen) atoms. The molecule has 0 aliphatic rings. The lowest BCUT2D eigenvalue weighted by molar-refractivity contribution is -0.0987. The third-order valence-electron chi connectivity index (χ3n) is 4.40. The van der Waals surface area contributed by atoms with Crippen molar-refractivity contribution in [1.82, 2.24) is 14.6 Å². The standard InChI is InChI=1S/C20H24FN5O2.2CH2O/c1-3-7-14(8-4-2)24-20-23-12-13-11-17(19(27)26(22)18(13)25-20)28-16-10-6-5-9-15(16)21;2*1-2/h5-6,9-12,14H,3-4,7-8,22H2,1-2H3,(H,23,24,25);2*1H2. The van der Waals surface area contributed by atoms with Crippen LogP contribution >= 0.6 is 0 Å². The summed E-state index contributed by atoms with van der Waals surface area (Å²) in [5, 5.41) is 3.82. The fourth-order valence-corrected chi connectivity index (χ4v) is 3.05. The van der Waals surface area contributed by atoms with E-state index < -0.39 is 11.4 Å². The van der Waals surface area contributed by atoms with Crippen LogP contribution in [0.2, 0.25) is 0 Å². The van der Waals surface area contributed by atoms with Gasteiger partial charge in [0.1, 0.15) is 13.6 Å². The molecular weight excluding hydrogens is 417 g/mol. The highest BCUT2D eigenvalue weighted by Crippen LogP contribution is 2.24. The SMILES string of the molecule is C=O.C=O.CCCC(CCC)Nc1ncc2cc(Oc3ccccc3F)c(=O)n(N)c2n1. The largest absolute Gasteiger partial charge is 0.448 e. The maximum absolute atomic E-state index is 13.8. The second kappa shape index (κ2) is 13.5. The molecule has 1 aromatic carbocycles. The maximum atomic E-state index is 13.8. The molecule has 0 amide bonds. The first-order chi connectivity index (χ1) is 15.5. The summed E-state index contributed by atoms with van der Waals surface area (Å²) >= 11 is 0. The number of para-hydroxylation sites is 1. The summed E-state index contributed by atoms with van der Waals surface area (Å²) in [7, 11) is 0. The lowest BCUT2D eigenvalue weighted by atomic mass is 10.1. The van der Waals surface area contributed by atoms with Crippen molar-refractivity contribution in [3.63, 3.8) is 0 Å². The van der Waals surface area contributed by atoms with Crippen LogP contribution in [0.3, 0.4) is 0 Å². The molecule has 2 heterocycles. The summed E-state index contributed by atoms with van der Waals surface area (Å²) in [6, 6.07) is 7.56. The highest BCUT2D eigenvalue weighted by Gasteiger charge is 2.15. The first-order valence-electron chi connectivity index (χ1n) is 9.98. The van der Waals surface area contributed by atoms with Gasteiger partial charge in [0.15, 0.2) is 23.0 Å². The van der Waals surface area contributed by atoms with Gasteiger partial charge in [0.25, 0.3) is 0 Å². The summed E-state index contributed by atoms with van der Waals surface area (Å²) < 4.78 is 20.1. The molecule has 9 nitrogen and oxygen atoms in total. The molecule has 172 valence electrons. The van der Waals surface area contributed by atoms with Gasteiger partial charge in [-0.1, -0.05) is 38.8 Å². The molecule has 0 fully saturated rings. The summed E-state index contributed by atoms with van der Waals surface area (Å²) in [6.07, 6.45) is 5.66. The van der Waals surface area contributed by atoms with Crippen LogP contribution in [0.4, 0.5) is 10.3 Å². The minimum Gasteiger partial charge on any atom is -0.448 e. The van der Waals surface area contributed by atoms with Crippen molar-refractivity contribution in [2.45, 2.75) is 45.6 Å². The third-order valence-corrected chi connectivity index (χ3v) is 4.40. The predicted molar refractivity (Wildman–Crippen MR) is 122 cm³/mol. The normalized spacial score (nSPS) is 10.0. The van der Waals surface area contributed by atoms with E-state index in [4.69, 9.17) is 20.2 Å². The molecule has 0 saturated heterocycles. The molecule has 3 N–H and O–H groups in total. The number of halogens is 1. The van der Waals surface area contributed by atoms with Gasteiger partial charge >= 0.3 is 5.56 Å². The molecule has 2 aromatic heterocycles. The van der Waals surface area contributed by atoms with E-state index in [1.165, 1.54) is 24.3 Å². The average molecular weight is 445 g/mol. The zero-order chi connectivity index (χ0) is 24.1. The Morgan fingerprint density at radius 2 is 1.75 bits per heavy atom. The maximum Gasteiger partial charge on any atom is 0.313 e. The van der Waals surface area contributed by atoms with Crippen molar-refractivity contribution in [1.29, 1.82) is 0 Å². The fraction of sp³-hybridized carbons (Fsp3) is 0.318. The van der Waals surface area contributed by atoms with E-state index in [0.29, 0.717) is 11.3 Å². The van der Waals surface area contributed by atoms with Crippen LogP contribution in [0.15, 0.2) is 41.3 Å². The van der Waals surface area contributed by atoms with Gasteiger partial charge in [0.05, 0.1) is 0 Å². The first kappa shape index (κ1) is 26.2. The minimum absolute atomic E-state index is 0.0554. The molecule has 0 saturated carbocycles. The number of nitrogens with one attached hydrogen (secondary N) is 1. The number of aromatic nitrogens is 3. The van der Waals surface area contributed by atoms with Crippen LogP contribution in [-0.2, 0) is 9.59 Å². The number of rotatable bonds is 8. The number of hydrogen-bond acceptors (Lipinski definition) is 8. The smallest absolute Gasteiger partial charge is 0.313 e. The van der Waals surface area contributed by atoms with Crippen LogP contribution in [0.5, 0.6) is 11.5 Å². The number of ether oxygens (including phenoxy) is 1. The Morgan fingerprint density at radius 1 is 1.12 bits per heavy atom. The number of nitrogens with two attached hydrogens (primary N) is 1. The van der Waals surface area contributed by atoms with Gasteiger partial charge in [0.2, 0.25) is 5.95 Å².